The van der Waals surface area contributed by atoms with E-state index in [2.05, 4.69) is 5.32 Å². The first-order valence-electron chi connectivity index (χ1n) is 5.69. The molecule has 0 aliphatic carbocycles. The van der Waals surface area contributed by atoms with Crippen LogP contribution in [0, 0.1) is 0 Å². The average Bonchev–Trinajstić information content (AvgIpc) is 2.34. The molecule has 1 unspecified atom stereocenters. The number of carbonyl (C=O) groups excluding carboxylic acids is 2. The van der Waals surface area contributed by atoms with Crippen molar-refractivity contribution in [1.82, 2.24) is 10.2 Å². The van der Waals surface area contributed by atoms with E-state index in [0.717, 1.165) is 0 Å². The van der Waals surface area contributed by atoms with Crippen molar-refractivity contribution >= 4 is 12.2 Å². The molecule has 6 heteroatoms. The van der Waals surface area contributed by atoms with E-state index in [1.54, 1.807) is 4.90 Å². The van der Waals surface area contributed by atoms with Crippen LogP contribution in [-0.2, 0) is 9.47 Å². The van der Waals surface area contributed by atoms with Crippen LogP contribution < -0.4 is 5.32 Å². The number of carbonyl (C=O) groups is 2. The highest BCUT2D eigenvalue weighted by Crippen LogP contribution is 2.31. The molecule has 0 aromatic rings. The van der Waals surface area contributed by atoms with E-state index in [4.69, 9.17) is 9.47 Å². The Morgan fingerprint density at radius 3 is 2.53 bits per heavy atom. The maximum Gasteiger partial charge on any atom is 0.410 e. The van der Waals surface area contributed by atoms with E-state index in [1.165, 1.54) is 0 Å². The summed E-state index contributed by atoms with van der Waals surface area (Å²) in [7, 11) is 0. The topological polar surface area (TPSA) is 67.9 Å². The van der Waals surface area contributed by atoms with Crippen LogP contribution in [-0.4, -0.2) is 47.4 Å². The lowest BCUT2D eigenvalue weighted by molar-refractivity contribution is -0.0273. The molecule has 2 heterocycles. The molecule has 1 atom stereocenters. The molecule has 96 valence electrons. The molecule has 2 aliphatic rings. The molecule has 0 saturated carbocycles. The Hall–Kier alpha value is -1.46. The van der Waals surface area contributed by atoms with Gasteiger partial charge in [-0.25, -0.2) is 9.59 Å². The van der Waals surface area contributed by atoms with Gasteiger partial charge in [-0.1, -0.05) is 0 Å². The van der Waals surface area contributed by atoms with E-state index in [-0.39, 0.29) is 12.2 Å². The Morgan fingerprint density at radius 1 is 1.53 bits per heavy atom. The molecule has 0 aromatic carbocycles. The number of likely N-dealkylation sites (tertiary alicyclic amines) is 1. The van der Waals surface area contributed by atoms with Crippen molar-refractivity contribution < 1.29 is 19.1 Å². The molecule has 6 nitrogen and oxygen atoms in total. The summed E-state index contributed by atoms with van der Waals surface area (Å²) in [6, 6.07) is 0. The summed E-state index contributed by atoms with van der Waals surface area (Å²) in [6.07, 6.45) is -0.980. The van der Waals surface area contributed by atoms with Crippen molar-refractivity contribution in [1.29, 1.82) is 0 Å². The lowest BCUT2D eigenvalue weighted by Crippen LogP contribution is -2.72. The first-order valence-corrected chi connectivity index (χ1v) is 5.69. The third-order valence-corrected chi connectivity index (χ3v) is 3.01. The largest absolute Gasteiger partial charge is 0.444 e. The van der Waals surface area contributed by atoms with Crippen molar-refractivity contribution in [3.05, 3.63) is 0 Å². The van der Waals surface area contributed by atoms with Crippen molar-refractivity contribution in [3.63, 3.8) is 0 Å². The molecule has 2 amide bonds. The smallest absolute Gasteiger partial charge is 0.410 e. The maximum absolute atomic E-state index is 11.7. The van der Waals surface area contributed by atoms with Gasteiger partial charge in [-0.05, 0) is 27.7 Å². The number of hydrogen-bond acceptors (Lipinski definition) is 4. The normalized spacial score (nSPS) is 26.2. The molecule has 2 aliphatic heterocycles. The number of nitrogens with zero attached hydrogens (tertiary/aromatic N) is 1. The van der Waals surface area contributed by atoms with Crippen LogP contribution >= 0.6 is 0 Å². The Morgan fingerprint density at radius 2 is 2.12 bits per heavy atom. The van der Waals surface area contributed by atoms with Crippen LogP contribution in [0.3, 0.4) is 0 Å². The summed E-state index contributed by atoms with van der Waals surface area (Å²) in [5, 5.41) is 2.75. The fourth-order valence-electron chi connectivity index (χ4n) is 2.03. The number of nitrogens with one attached hydrogen (secondary N) is 1. The molecule has 2 fully saturated rings. The predicted octanol–water partition coefficient (Wildman–Crippen LogP) is 1.10. The van der Waals surface area contributed by atoms with Gasteiger partial charge in [0.05, 0.1) is 13.1 Å². The van der Waals surface area contributed by atoms with Crippen molar-refractivity contribution in [2.24, 2.45) is 0 Å². The summed E-state index contributed by atoms with van der Waals surface area (Å²) in [5.74, 6) is 0. The minimum atomic E-state index is -0.499. The predicted molar refractivity (Wildman–Crippen MR) is 59.6 cm³/mol. The zero-order chi connectivity index (χ0) is 12.8. The van der Waals surface area contributed by atoms with Gasteiger partial charge in [0.2, 0.25) is 0 Å². The fraction of sp³-hybridized carbons (Fsp3) is 0.818. The van der Waals surface area contributed by atoms with Gasteiger partial charge in [-0.2, -0.15) is 0 Å². The van der Waals surface area contributed by atoms with Crippen LogP contribution in [0.2, 0.25) is 0 Å². The van der Waals surface area contributed by atoms with Crippen LogP contribution in [0.1, 0.15) is 27.7 Å². The number of hydrogen-bond donors (Lipinski definition) is 1. The van der Waals surface area contributed by atoms with Gasteiger partial charge in [0.25, 0.3) is 0 Å². The summed E-state index contributed by atoms with van der Waals surface area (Å²) in [5.41, 5.74) is -0.922. The number of rotatable bonds is 0. The molecule has 0 bridgehead atoms. The van der Waals surface area contributed by atoms with E-state index < -0.39 is 17.2 Å². The van der Waals surface area contributed by atoms with E-state index in [0.29, 0.717) is 13.1 Å². The molecule has 2 rings (SSSR count). The van der Waals surface area contributed by atoms with Gasteiger partial charge in [0.1, 0.15) is 17.2 Å². The molecule has 17 heavy (non-hydrogen) atoms. The molecule has 1 N–H and O–H groups in total. The molecular formula is C11H18N2O4. The lowest BCUT2D eigenvalue weighted by Gasteiger charge is -2.47. The summed E-state index contributed by atoms with van der Waals surface area (Å²) < 4.78 is 10.3. The number of ether oxygens (including phenoxy) is 2. The van der Waals surface area contributed by atoms with Crippen molar-refractivity contribution in [3.8, 4) is 0 Å². The fourth-order valence-corrected chi connectivity index (χ4v) is 2.03. The Kier molecular flexibility index (Phi) is 2.48. The third kappa shape index (κ3) is 2.16. The lowest BCUT2D eigenvalue weighted by atomic mass is 9.86. The molecule has 0 aromatic heterocycles. The maximum atomic E-state index is 11.7. The first kappa shape index (κ1) is 12.0. The van der Waals surface area contributed by atoms with E-state index >= 15 is 0 Å². The van der Waals surface area contributed by atoms with Crippen molar-refractivity contribution in [2.75, 3.05) is 13.1 Å². The van der Waals surface area contributed by atoms with E-state index in [9.17, 15) is 9.59 Å². The Bertz CT molecular complexity index is 355. The van der Waals surface area contributed by atoms with Crippen LogP contribution in [0.4, 0.5) is 9.59 Å². The van der Waals surface area contributed by atoms with Gasteiger partial charge in [0.15, 0.2) is 0 Å². The Balaban J connectivity index is 1.90. The summed E-state index contributed by atoms with van der Waals surface area (Å²) in [4.78, 5) is 24.4. The SMILES string of the molecule is CC1OC(=O)NC12CN(C(=O)OC(C)(C)C)C2. The summed E-state index contributed by atoms with van der Waals surface area (Å²) >= 11 is 0. The Labute approximate surface area is 100 Å². The molecular weight excluding hydrogens is 224 g/mol. The second kappa shape index (κ2) is 3.51. The van der Waals surface area contributed by atoms with Crippen LogP contribution in [0.5, 0.6) is 0 Å². The second-order valence-electron chi connectivity index (χ2n) is 5.67. The van der Waals surface area contributed by atoms with Gasteiger partial charge in [0, 0.05) is 0 Å². The number of cyclic esters (lactones) is 1. The van der Waals surface area contributed by atoms with E-state index in [1.807, 2.05) is 27.7 Å². The van der Waals surface area contributed by atoms with Gasteiger partial charge in [-0.15, -0.1) is 0 Å². The molecule has 0 radical (unpaired) electrons. The zero-order valence-corrected chi connectivity index (χ0v) is 10.6. The second-order valence-corrected chi connectivity index (χ2v) is 5.67. The van der Waals surface area contributed by atoms with Gasteiger partial charge in [-0.3, -0.25) is 0 Å². The van der Waals surface area contributed by atoms with Crippen molar-refractivity contribution in [2.45, 2.75) is 44.9 Å². The highest BCUT2D eigenvalue weighted by atomic mass is 16.6. The van der Waals surface area contributed by atoms with Gasteiger partial charge >= 0.3 is 12.2 Å². The summed E-state index contributed by atoms with van der Waals surface area (Å²) in [6.45, 7) is 8.17. The van der Waals surface area contributed by atoms with Crippen LogP contribution in [0.15, 0.2) is 0 Å². The highest BCUT2D eigenvalue weighted by Gasteiger charge is 2.56. The minimum Gasteiger partial charge on any atom is -0.444 e. The van der Waals surface area contributed by atoms with Gasteiger partial charge < -0.3 is 19.7 Å². The standard InChI is InChI=1S/C11H18N2O4/c1-7-11(12-8(14)16-7)5-13(6-11)9(15)17-10(2,3)4/h7H,5-6H2,1-4H3,(H,12,14). The number of alkyl carbamates (subject to hydrolysis) is 1. The third-order valence-electron chi connectivity index (χ3n) is 3.01. The minimum absolute atomic E-state index is 0.214. The highest BCUT2D eigenvalue weighted by molar-refractivity contribution is 5.75. The quantitative estimate of drug-likeness (QED) is 0.690. The first-order chi connectivity index (χ1) is 7.72. The average molecular weight is 242 g/mol. The molecule has 2 saturated heterocycles. The number of amides is 2. The molecule has 1 spiro atoms. The zero-order valence-electron chi connectivity index (χ0n) is 10.6. The monoisotopic (exact) mass is 242 g/mol. The van der Waals surface area contributed by atoms with Crippen LogP contribution in [0.25, 0.3) is 0 Å².